The van der Waals surface area contributed by atoms with Crippen molar-refractivity contribution in [2.75, 3.05) is 17.2 Å². The van der Waals surface area contributed by atoms with E-state index < -0.39 is 0 Å². The lowest BCUT2D eigenvalue weighted by Crippen LogP contribution is -2.16. The Kier molecular flexibility index (Phi) is 6.34. The van der Waals surface area contributed by atoms with E-state index in [1.165, 1.54) is 5.56 Å². The van der Waals surface area contributed by atoms with Gasteiger partial charge in [0.2, 0.25) is 5.91 Å². The maximum absolute atomic E-state index is 12.3. The first-order valence-electron chi connectivity index (χ1n) is 8.71. The van der Waals surface area contributed by atoms with Crippen LogP contribution in [0, 0.1) is 6.92 Å². The molecule has 2 N–H and O–H groups in total. The average Bonchev–Trinajstić information content (AvgIpc) is 2.67. The molecule has 138 valence electrons. The van der Waals surface area contributed by atoms with Crippen molar-refractivity contribution in [2.24, 2.45) is 0 Å². The summed E-state index contributed by atoms with van der Waals surface area (Å²) in [4.78, 5) is 12.3. The lowest BCUT2D eigenvalue weighted by Gasteiger charge is -2.13. The minimum Gasteiger partial charge on any atom is -0.493 e. The third kappa shape index (κ3) is 5.76. The van der Waals surface area contributed by atoms with Gasteiger partial charge in [0.05, 0.1) is 24.4 Å². The van der Waals surface area contributed by atoms with E-state index in [2.05, 4.69) is 10.6 Å². The van der Waals surface area contributed by atoms with Gasteiger partial charge in [-0.25, -0.2) is 0 Å². The highest BCUT2D eigenvalue weighted by atomic mass is 35.5. The van der Waals surface area contributed by atoms with Crippen molar-refractivity contribution in [3.05, 3.63) is 83.4 Å². The highest BCUT2D eigenvalue weighted by Gasteiger charge is 2.07. The van der Waals surface area contributed by atoms with E-state index in [9.17, 15) is 4.79 Å². The number of halogens is 1. The third-order valence-corrected chi connectivity index (χ3v) is 4.20. The number of aryl methyl sites for hydroxylation is 1. The molecule has 0 atom stereocenters. The van der Waals surface area contributed by atoms with Crippen molar-refractivity contribution in [2.45, 2.75) is 13.3 Å². The first-order chi connectivity index (χ1) is 13.1. The molecular weight excluding hydrogens is 360 g/mol. The van der Waals surface area contributed by atoms with Crippen LogP contribution in [0.15, 0.2) is 72.8 Å². The Balaban J connectivity index is 1.55. The normalized spacial score (nSPS) is 10.3. The van der Waals surface area contributed by atoms with Gasteiger partial charge in [-0.1, -0.05) is 41.4 Å². The van der Waals surface area contributed by atoms with Crippen molar-refractivity contribution >= 4 is 34.6 Å². The molecule has 0 aliphatic heterocycles. The van der Waals surface area contributed by atoms with E-state index in [1.54, 1.807) is 24.3 Å². The Morgan fingerprint density at radius 3 is 2.30 bits per heavy atom. The summed E-state index contributed by atoms with van der Waals surface area (Å²) in [6.07, 6.45) is 0.251. The van der Waals surface area contributed by atoms with Gasteiger partial charge in [-0.15, -0.1) is 0 Å². The highest BCUT2D eigenvalue weighted by molar-refractivity contribution is 6.30. The fourth-order valence-corrected chi connectivity index (χ4v) is 2.62. The molecule has 0 heterocycles. The van der Waals surface area contributed by atoms with Gasteiger partial charge >= 0.3 is 0 Å². The Bertz CT molecular complexity index is 893. The number of hydrogen-bond donors (Lipinski definition) is 2. The van der Waals surface area contributed by atoms with Crippen molar-refractivity contribution in [3.8, 4) is 5.75 Å². The zero-order valence-corrected chi connectivity index (χ0v) is 15.8. The van der Waals surface area contributed by atoms with Gasteiger partial charge in [0, 0.05) is 10.7 Å². The molecule has 0 aromatic heterocycles. The standard InChI is InChI=1S/C22H21ClN2O2/c1-16-6-10-18(11-7-16)24-20-4-2-3-5-21(20)25-22(26)14-15-27-19-12-8-17(23)9-13-19/h2-13,24H,14-15H2,1H3,(H,25,26). The number of nitrogens with one attached hydrogen (secondary N) is 2. The van der Waals surface area contributed by atoms with Crippen LogP contribution < -0.4 is 15.4 Å². The van der Waals surface area contributed by atoms with Crippen LogP contribution in [0.1, 0.15) is 12.0 Å². The summed E-state index contributed by atoms with van der Waals surface area (Å²) in [7, 11) is 0. The number of rotatable bonds is 7. The lowest BCUT2D eigenvalue weighted by atomic mass is 10.2. The lowest BCUT2D eigenvalue weighted by molar-refractivity contribution is -0.116. The number of carbonyl (C=O) groups excluding carboxylic acids is 1. The summed E-state index contributed by atoms with van der Waals surface area (Å²) in [5, 5.41) is 6.92. The molecule has 0 aliphatic carbocycles. The average molecular weight is 381 g/mol. The topological polar surface area (TPSA) is 50.4 Å². The van der Waals surface area contributed by atoms with Crippen molar-refractivity contribution in [1.82, 2.24) is 0 Å². The van der Waals surface area contributed by atoms with Crippen LogP contribution in [0.25, 0.3) is 0 Å². The predicted octanol–water partition coefficient (Wildman–Crippen LogP) is 5.80. The molecule has 1 amide bonds. The van der Waals surface area contributed by atoms with Gasteiger partial charge < -0.3 is 15.4 Å². The third-order valence-electron chi connectivity index (χ3n) is 3.94. The van der Waals surface area contributed by atoms with Crippen LogP contribution in [0.2, 0.25) is 5.02 Å². The molecule has 0 fully saturated rings. The number of carbonyl (C=O) groups is 1. The Hall–Kier alpha value is -2.98. The van der Waals surface area contributed by atoms with Gasteiger partial charge in [-0.05, 0) is 55.5 Å². The van der Waals surface area contributed by atoms with Crippen molar-refractivity contribution < 1.29 is 9.53 Å². The summed E-state index contributed by atoms with van der Waals surface area (Å²) in [6.45, 7) is 2.34. The van der Waals surface area contributed by atoms with Crippen LogP contribution in [-0.4, -0.2) is 12.5 Å². The van der Waals surface area contributed by atoms with Gasteiger partial charge in [0.1, 0.15) is 5.75 Å². The molecule has 0 saturated carbocycles. The molecule has 0 saturated heterocycles. The summed E-state index contributed by atoms with van der Waals surface area (Å²) >= 11 is 5.84. The number of amides is 1. The molecular formula is C22H21ClN2O2. The minimum atomic E-state index is -0.109. The van der Waals surface area contributed by atoms with Crippen molar-refractivity contribution in [1.29, 1.82) is 0 Å². The Morgan fingerprint density at radius 2 is 1.59 bits per heavy atom. The largest absolute Gasteiger partial charge is 0.493 e. The number of benzene rings is 3. The maximum Gasteiger partial charge on any atom is 0.227 e. The zero-order chi connectivity index (χ0) is 19.1. The van der Waals surface area contributed by atoms with Crippen LogP contribution in [0.5, 0.6) is 5.75 Å². The SMILES string of the molecule is Cc1ccc(Nc2ccccc2NC(=O)CCOc2ccc(Cl)cc2)cc1. The van der Waals surface area contributed by atoms with Crippen LogP contribution in [0.4, 0.5) is 17.1 Å². The molecule has 0 radical (unpaired) electrons. The van der Waals surface area contributed by atoms with E-state index in [0.717, 1.165) is 17.1 Å². The number of ether oxygens (including phenoxy) is 1. The Morgan fingerprint density at radius 1 is 0.926 bits per heavy atom. The smallest absolute Gasteiger partial charge is 0.227 e. The van der Waals surface area contributed by atoms with Gasteiger partial charge in [-0.2, -0.15) is 0 Å². The minimum absolute atomic E-state index is 0.109. The van der Waals surface area contributed by atoms with Gasteiger partial charge in [0.15, 0.2) is 0 Å². The second kappa shape index (κ2) is 9.10. The molecule has 3 aromatic rings. The fraction of sp³-hybridized carbons (Fsp3) is 0.136. The molecule has 27 heavy (non-hydrogen) atoms. The number of hydrogen-bond acceptors (Lipinski definition) is 3. The first kappa shape index (κ1) is 18.8. The van der Waals surface area contributed by atoms with Crippen molar-refractivity contribution in [3.63, 3.8) is 0 Å². The number of anilines is 3. The molecule has 3 aromatic carbocycles. The predicted molar refractivity (Wildman–Crippen MR) is 111 cm³/mol. The monoisotopic (exact) mass is 380 g/mol. The summed E-state index contributed by atoms with van der Waals surface area (Å²) in [5.74, 6) is 0.579. The fourth-order valence-electron chi connectivity index (χ4n) is 2.50. The zero-order valence-electron chi connectivity index (χ0n) is 15.0. The molecule has 0 bridgehead atoms. The maximum atomic E-state index is 12.3. The van der Waals surface area contributed by atoms with Crippen LogP contribution in [-0.2, 0) is 4.79 Å². The second-order valence-electron chi connectivity index (χ2n) is 6.14. The summed E-state index contributed by atoms with van der Waals surface area (Å²) in [5.41, 5.74) is 3.74. The van der Waals surface area contributed by atoms with E-state index in [1.807, 2.05) is 55.5 Å². The van der Waals surface area contributed by atoms with Gasteiger partial charge in [0.25, 0.3) is 0 Å². The molecule has 0 spiro atoms. The molecule has 0 aliphatic rings. The van der Waals surface area contributed by atoms with E-state index >= 15 is 0 Å². The van der Waals surface area contributed by atoms with E-state index in [0.29, 0.717) is 17.4 Å². The molecule has 5 heteroatoms. The van der Waals surface area contributed by atoms with Gasteiger partial charge in [-0.3, -0.25) is 4.79 Å². The molecule has 4 nitrogen and oxygen atoms in total. The van der Waals surface area contributed by atoms with Crippen LogP contribution >= 0.6 is 11.6 Å². The first-order valence-corrected chi connectivity index (χ1v) is 9.09. The van der Waals surface area contributed by atoms with E-state index in [4.69, 9.17) is 16.3 Å². The molecule has 3 rings (SSSR count). The summed E-state index contributed by atoms with van der Waals surface area (Å²) in [6, 6.07) is 22.8. The highest BCUT2D eigenvalue weighted by Crippen LogP contribution is 2.25. The van der Waals surface area contributed by atoms with Crippen LogP contribution in [0.3, 0.4) is 0 Å². The Labute approximate surface area is 164 Å². The summed E-state index contributed by atoms with van der Waals surface area (Å²) < 4.78 is 5.57. The second-order valence-corrected chi connectivity index (χ2v) is 6.57. The molecule has 0 unspecified atom stereocenters. The quantitative estimate of drug-likeness (QED) is 0.544. The number of para-hydroxylation sites is 2. The van der Waals surface area contributed by atoms with E-state index in [-0.39, 0.29) is 12.3 Å².